The normalized spacial score (nSPS) is 26.7. The molecule has 25 heavy (non-hydrogen) atoms. The summed E-state index contributed by atoms with van der Waals surface area (Å²) in [5, 5.41) is 4.26. The van der Waals surface area contributed by atoms with Crippen molar-refractivity contribution >= 4 is 17.6 Å². The van der Waals surface area contributed by atoms with Gasteiger partial charge in [0.2, 0.25) is 11.8 Å². The smallest absolute Gasteiger partial charge is 0.244 e. The van der Waals surface area contributed by atoms with E-state index in [0.717, 1.165) is 38.0 Å². The summed E-state index contributed by atoms with van der Waals surface area (Å²) in [6.07, 6.45) is 5.25. The van der Waals surface area contributed by atoms with Crippen molar-refractivity contribution in [3.63, 3.8) is 0 Å². The zero-order valence-corrected chi connectivity index (χ0v) is 14.9. The Kier molecular flexibility index (Phi) is 3.96. The van der Waals surface area contributed by atoms with E-state index in [9.17, 15) is 9.59 Å². The highest BCUT2D eigenvalue weighted by Crippen LogP contribution is 2.41. The Morgan fingerprint density at radius 2 is 2.16 bits per heavy atom. The number of nitrogen functional groups attached to an aromatic ring is 1. The number of carbonyl (C=O) groups excluding carboxylic acids is 2. The minimum absolute atomic E-state index is 0.00112. The zero-order valence-electron chi connectivity index (χ0n) is 14.9. The first-order valence-corrected chi connectivity index (χ1v) is 9.34. The van der Waals surface area contributed by atoms with Crippen LogP contribution in [0.4, 0.5) is 5.82 Å². The van der Waals surface area contributed by atoms with E-state index in [1.807, 2.05) is 11.8 Å². The third-order valence-corrected chi connectivity index (χ3v) is 5.92. The lowest BCUT2D eigenvalue weighted by Crippen LogP contribution is -2.51. The highest BCUT2D eigenvalue weighted by atomic mass is 16.2. The van der Waals surface area contributed by atoms with Gasteiger partial charge in [0.05, 0.1) is 11.1 Å². The van der Waals surface area contributed by atoms with E-state index in [4.69, 9.17) is 5.73 Å². The van der Waals surface area contributed by atoms with Gasteiger partial charge in [0.15, 0.2) is 0 Å². The molecule has 2 aliphatic heterocycles. The van der Waals surface area contributed by atoms with Crippen LogP contribution in [0.5, 0.6) is 0 Å². The number of amides is 2. The molecule has 0 unspecified atom stereocenters. The molecule has 0 aromatic carbocycles. The van der Waals surface area contributed by atoms with Gasteiger partial charge in [-0.2, -0.15) is 5.10 Å². The Morgan fingerprint density at radius 3 is 2.84 bits per heavy atom. The number of hydrogen-bond donors (Lipinski definition) is 1. The van der Waals surface area contributed by atoms with E-state index < -0.39 is 0 Å². The maximum Gasteiger partial charge on any atom is 0.244 e. The van der Waals surface area contributed by atoms with Crippen molar-refractivity contribution in [2.24, 2.45) is 11.3 Å². The number of nitrogens with zero attached hydrogens (tertiary/aromatic N) is 4. The second kappa shape index (κ2) is 6.04. The summed E-state index contributed by atoms with van der Waals surface area (Å²) in [7, 11) is 0. The highest BCUT2D eigenvalue weighted by molar-refractivity contribution is 5.86. The summed E-state index contributed by atoms with van der Waals surface area (Å²) in [4.78, 5) is 29.6. The molecule has 3 aliphatic rings. The van der Waals surface area contributed by atoms with Crippen molar-refractivity contribution in [3.8, 4) is 0 Å². The third-order valence-electron chi connectivity index (χ3n) is 5.92. The maximum atomic E-state index is 13.0. The minimum Gasteiger partial charge on any atom is -0.384 e. The fraction of sp³-hybridized carbons (Fsp3) is 0.722. The molecule has 1 spiro atoms. The molecular formula is C18H27N5O2. The summed E-state index contributed by atoms with van der Waals surface area (Å²) in [5.74, 6) is 1.49. The van der Waals surface area contributed by atoms with Crippen molar-refractivity contribution in [2.75, 3.05) is 31.9 Å². The van der Waals surface area contributed by atoms with Crippen molar-refractivity contribution in [1.82, 2.24) is 19.6 Å². The second-order valence-corrected chi connectivity index (χ2v) is 8.01. The summed E-state index contributed by atoms with van der Waals surface area (Å²) in [6.45, 7) is 5.01. The maximum absolute atomic E-state index is 13.0. The quantitative estimate of drug-likeness (QED) is 0.883. The van der Waals surface area contributed by atoms with Gasteiger partial charge in [-0.05, 0) is 44.9 Å². The van der Waals surface area contributed by atoms with Crippen LogP contribution in [0.25, 0.3) is 0 Å². The minimum atomic E-state index is -0.353. The first-order valence-electron chi connectivity index (χ1n) is 9.34. The van der Waals surface area contributed by atoms with E-state index in [2.05, 4.69) is 10.00 Å². The SMILES string of the molecule is Cc1cc(N)n(CC(=O)N2CC[C@@]3(CCCN(CC4CC4)C3=O)C2)n1. The Bertz CT molecular complexity index is 696. The standard InChI is InChI=1S/C18H27N5O2/c1-13-9-15(19)23(20-13)11-16(24)22-8-6-18(12-22)5-2-7-21(17(18)25)10-14-3-4-14/h9,14H,2-8,10-12,19H2,1H3/t18-/m0/s1. The largest absolute Gasteiger partial charge is 0.384 e. The number of likely N-dealkylation sites (tertiary alicyclic amines) is 2. The third kappa shape index (κ3) is 3.12. The van der Waals surface area contributed by atoms with Crippen LogP contribution >= 0.6 is 0 Å². The molecule has 2 N–H and O–H groups in total. The average molecular weight is 345 g/mol. The molecule has 2 amide bonds. The Balaban J connectivity index is 1.41. The van der Waals surface area contributed by atoms with E-state index in [-0.39, 0.29) is 23.8 Å². The van der Waals surface area contributed by atoms with E-state index in [1.54, 1.807) is 10.7 Å². The summed E-state index contributed by atoms with van der Waals surface area (Å²) in [6, 6.07) is 1.76. The number of aryl methyl sites for hydroxylation is 1. The molecular weight excluding hydrogens is 318 g/mol. The van der Waals surface area contributed by atoms with Crippen LogP contribution in [0.3, 0.4) is 0 Å². The van der Waals surface area contributed by atoms with Gasteiger partial charge < -0.3 is 15.5 Å². The van der Waals surface area contributed by atoms with Crippen molar-refractivity contribution in [2.45, 2.75) is 45.6 Å². The molecule has 7 heteroatoms. The van der Waals surface area contributed by atoms with Crippen LogP contribution in [0.15, 0.2) is 6.07 Å². The number of piperidine rings is 1. The fourth-order valence-corrected chi connectivity index (χ4v) is 4.32. The number of nitrogens with two attached hydrogens (primary N) is 1. The molecule has 0 bridgehead atoms. The lowest BCUT2D eigenvalue weighted by molar-refractivity contribution is -0.146. The van der Waals surface area contributed by atoms with E-state index in [1.165, 1.54) is 12.8 Å². The van der Waals surface area contributed by atoms with Crippen LogP contribution in [0.2, 0.25) is 0 Å². The molecule has 7 nitrogen and oxygen atoms in total. The van der Waals surface area contributed by atoms with Gasteiger partial charge >= 0.3 is 0 Å². The molecule has 1 aliphatic carbocycles. The van der Waals surface area contributed by atoms with Crippen molar-refractivity contribution < 1.29 is 9.59 Å². The predicted octanol–water partition coefficient (Wildman–Crippen LogP) is 1.02. The summed E-state index contributed by atoms with van der Waals surface area (Å²) >= 11 is 0. The van der Waals surface area contributed by atoms with Gasteiger partial charge in [-0.25, -0.2) is 4.68 Å². The van der Waals surface area contributed by atoms with Crippen molar-refractivity contribution in [1.29, 1.82) is 0 Å². The van der Waals surface area contributed by atoms with Gasteiger partial charge in [0.1, 0.15) is 12.4 Å². The Morgan fingerprint density at radius 1 is 1.36 bits per heavy atom. The first-order chi connectivity index (χ1) is 12.0. The number of rotatable bonds is 4. The zero-order chi connectivity index (χ0) is 17.6. The number of aromatic nitrogens is 2. The second-order valence-electron chi connectivity index (χ2n) is 8.01. The van der Waals surface area contributed by atoms with Crippen LogP contribution < -0.4 is 5.73 Å². The van der Waals surface area contributed by atoms with Crippen LogP contribution in [-0.2, 0) is 16.1 Å². The molecule has 3 heterocycles. The first kappa shape index (κ1) is 16.4. The molecule has 4 rings (SSSR count). The van der Waals surface area contributed by atoms with Crippen LogP contribution in [0.1, 0.15) is 37.8 Å². The molecule has 1 aromatic rings. The van der Waals surface area contributed by atoms with Gasteiger partial charge in [-0.1, -0.05) is 0 Å². The van der Waals surface area contributed by atoms with E-state index in [0.29, 0.717) is 24.8 Å². The molecule has 1 atom stereocenters. The van der Waals surface area contributed by atoms with Gasteiger partial charge in [0, 0.05) is 32.2 Å². The molecule has 3 fully saturated rings. The fourth-order valence-electron chi connectivity index (χ4n) is 4.32. The highest BCUT2D eigenvalue weighted by Gasteiger charge is 2.49. The predicted molar refractivity (Wildman–Crippen MR) is 93.5 cm³/mol. The molecule has 1 saturated carbocycles. The Labute approximate surface area is 148 Å². The van der Waals surface area contributed by atoms with Crippen molar-refractivity contribution in [3.05, 3.63) is 11.8 Å². The van der Waals surface area contributed by atoms with Gasteiger partial charge in [-0.3, -0.25) is 9.59 Å². The Hall–Kier alpha value is -2.05. The molecule has 136 valence electrons. The van der Waals surface area contributed by atoms with Gasteiger partial charge in [0.25, 0.3) is 0 Å². The average Bonchev–Trinajstić information content (AvgIpc) is 3.19. The lowest BCUT2D eigenvalue weighted by atomic mass is 9.78. The summed E-state index contributed by atoms with van der Waals surface area (Å²) < 4.78 is 1.55. The monoisotopic (exact) mass is 345 g/mol. The number of anilines is 1. The van der Waals surface area contributed by atoms with Crippen LogP contribution in [-0.4, -0.2) is 57.6 Å². The molecule has 2 saturated heterocycles. The van der Waals surface area contributed by atoms with E-state index >= 15 is 0 Å². The van der Waals surface area contributed by atoms with Crippen LogP contribution in [0, 0.1) is 18.3 Å². The number of hydrogen-bond acceptors (Lipinski definition) is 4. The lowest BCUT2D eigenvalue weighted by Gasteiger charge is -2.39. The molecule has 1 aromatic heterocycles. The molecule has 0 radical (unpaired) electrons. The number of carbonyl (C=O) groups is 2. The topological polar surface area (TPSA) is 84.5 Å². The summed E-state index contributed by atoms with van der Waals surface area (Å²) in [5.41, 5.74) is 6.34. The van der Waals surface area contributed by atoms with Gasteiger partial charge in [-0.15, -0.1) is 0 Å².